The molecular formula is C21H14ClN3O3S. The van der Waals surface area contributed by atoms with Crippen LogP contribution >= 0.6 is 22.9 Å². The molecule has 1 aliphatic heterocycles. The van der Waals surface area contributed by atoms with Crippen molar-refractivity contribution in [2.75, 3.05) is 4.90 Å². The second-order valence-corrected chi connectivity index (χ2v) is 7.76. The monoisotopic (exact) mass is 423 g/mol. The molecule has 3 aromatic rings. The normalized spacial score (nSPS) is 14.6. The van der Waals surface area contributed by atoms with Crippen LogP contribution in [0.15, 0.2) is 47.5 Å². The predicted octanol–water partition coefficient (Wildman–Crippen LogP) is 3.38. The predicted molar refractivity (Wildman–Crippen MR) is 112 cm³/mol. The average Bonchev–Trinajstić information content (AvgIpc) is 3.22. The van der Waals surface area contributed by atoms with E-state index in [2.05, 4.69) is 10.9 Å². The first-order valence-electron chi connectivity index (χ1n) is 8.76. The molecule has 8 heteroatoms. The van der Waals surface area contributed by atoms with Crippen molar-refractivity contribution in [2.24, 2.45) is 4.99 Å². The lowest BCUT2D eigenvalue weighted by Crippen LogP contribution is -2.28. The number of hydrogen-bond acceptors (Lipinski definition) is 4. The quantitative estimate of drug-likeness (QED) is 0.479. The smallest absolute Gasteiger partial charge is 0.279 e. The van der Waals surface area contributed by atoms with Crippen LogP contribution in [0, 0.1) is 12.3 Å². The van der Waals surface area contributed by atoms with E-state index in [1.165, 1.54) is 11.3 Å². The van der Waals surface area contributed by atoms with Gasteiger partial charge in [0.2, 0.25) is 11.8 Å². The molecule has 4 rings (SSSR count). The molecule has 1 aromatic heterocycles. The van der Waals surface area contributed by atoms with Crippen LogP contribution in [-0.4, -0.2) is 22.3 Å². The van der Waals surface area contributed by atoms with Crippen molar-refractivity contribution in [3.63, 3.8) is 0 Å². The Morgan fingerprint density at radius 3 is 2.48 bits per heavy atom. The molecule has 0 aliphatic carbocycles. The van der Waals surface area contributed by atoms with Gasteiger partial charge in [0.1, 0.15) is 0 Å². The van der Waals surface area contributed by atoms with Gasteiger partial charge in [0.15, 0.2) is 4.80 Å². The molecule has 1 aliphatic rings. The van der Waals surface area contributed by atoms with Crippen LogP contribution in [0.25, 0.3) is 10.2 Å². The molecule has 0 spiro atoms. The molecule has 0 saturated carbocycles. The summed E-state index contributed by atoms with van der Waals surface area (Å²) < 4.78 is 2.61. The third-order valence-electron chi connectivity index (χ3n) is 4.52. The number of imide groups is 1. The van der Waals surface area contributed by atoms with Crippen molar-refractivity contribution in [1.82, 2.24) is 4.57 Å². The van der Waals surface area contributed by atoms with E-state index < -0.39 is 5.91 Å². The molecular weight excluding hydrogens is 410 g/mol. The number of amides is 3. The SMILES string of the molecule is C#CCn1c(=NC(=O)c2ccc(N3C(=O)CCC3=O)cc2)sc2cccc(Cl)c21. The summed E-state index contributed by atoms with van der Waals surface area (Å²) in [5.74, 6) is 1.63. The number of anilines is 1. The van der Waals surface area contributed by atoms with Gasteiger partial charge >= 0.3 is 0 Å². The van der Waals surface area contributed by atoms with Crippen LogP contribution in [0.5, 0.6) is 0 Å². The van der Waals surface area contributed by atoms with Crippen LogP contribution < -0.4 is 9.70 Å². The fourth-order valence-corrected chi connectivity index (χ4v) is 4.57. The number of carbonyl (C=O) groups is 3. The molecule has 1 fully saturated rings. The Hall–Kier alpha value is -3.21. The number of fused-ring (bicyclic) bond motifs is 1. The topological polar surface area (TPSA) is 71.7 Å². The highest BCUT2D eigenvalue weighted by atomic mass is 35.5. The first kappa shape index (κ1) is 19.1. The summed E-state index contributed by atoms with van der Waals surface area (Å²) in [6.45, 7) is 0.230. The zero-order valence-corrected chi connectivity index (χ0v) is 16.7. The van der Waals surface area contributed by atoms with E-state index in [9.17, 15) is 14.4 Å². The summed E-state index contributed by atoms with van der Waals surface area (Å²) in [6.07, 6.45) is 5.89. The fourth-order valence-electron chi connectivity index (χ4n) is 3.18. The maximum atomic E-state index is 12.7. The average molecular weight is 424 g/mol. The molecule has 0 unspecified atom stereocenters. The molecule has 0 radical (unpaired) electrons. The Balaban J connectivity index is 1.71. The molecule has 0 bridgehead atoms. The second-order valence-electron chi connectivity index (χ2n) is 6.35. The standard InChI is InChI=1S/C21H14ClN3O3S/c1-2-12-24-19-15(22)4-3-5-16(19)29-21(24)23-20(28)13-6-8-14(9-7-13)25-17(26)10-11-18(25)27/h1,3-9H,10-12H2. The van der Waals surface area contributed by atoms with Crippen molar-refractivity contribution in [1.29, 1.82) is 0 Å². The van der Waals surface area contributed by atoms with Crippen LogP contribution in [0.2, 0.25) is 5.02 Å². The molecule has 0 atom stereocenters. The second kappa shape index (κ2) is 7.66. The van der Waals surface area contributed by atoms with Crippen molar-refractivity contribution in [2.45, 2.75) is 19.4 Å². The van der Waals surface area contributed by atoms with E-state index in [1.807, 2.05) is 12.1 Å². The Labute approximate surface area is 175 Å². The lowest BCUT2D eigenvalue weighted by atomic mass is 10.2. The highest BCUT2D eigenvalue weighted by Gasteiger charge is 2.30. The molecule has 2 aromatic carbocycles. The fraction of sp³-hybridized carbons (Fsp3) is 0.143. The lowest BCUT2D eigenvalue weighted by molar-refractivity contribution is -0.121. The van der Waals surface area contributed by atoms with E-state index in [0.717, 1.165) is 15.1 Å². The number of thiazole rings is 1. The first-order valence-corrected chi connectivity index (χ1v) is 9.95. The molecule has 2 heterocycles. The van der Waals surface area contributed by atoms with Crippen LogP contribution in [0.1, 0.15) is 23.2 Å². The number of rotatable bonds is 3. The third kappa shape index (κ3) is 3.48. The summed E-state index contributed by atoms with van der Waals surface area (Å²) >= 11 is 7.62. The highest BCUT2D eigenvalue weighted by Crippen LogP contribution is 2.26. The third-order valence-corrected chi connectivity index (χ3v) is 5.87. The molecule has 0 N–H and O–H groups in total. The summed E-state index contributed by atoms with van der Waals surface area (Å²) in [4.78, 5) is 42.2. The minimum absolute atomic E-state index is 0.207. The van der Waals surface area contributed by atoms with E-state index in [-0.39, 0.29) is 31.2 Å². The van der Waals surface area contributed by atoms with Gasteiger partial charge in [0.25, 0.3) is 5.91 Å². The van der Waals surface area contributed by atoms with Gasteiger partial charge in [-0.25, -0.2) is 0 Å². The van der Waals surface area contributed by atoms with E-state index in [4.69, 9.17) is 18.0 Å². The number of nitrogens with zero attached hydrogens (tertiary/aromatic N) is 3. The van der Waals surface area contributed by atoms with Gasteiger partial charge in [-0.05, 0) is 36.4 Å². The van der Waals surface area contributed by atoms with Gasteiger partial charge in [0.05, 0.1) is 27.5 Å². The van der Waals surface area contributed by atoms with E-state index >= 15 is 0 Å². The van der Waals surface area contributed by atoms with Gasteiger partial charge in [-0.2, -0.15) is 4.99 Å². The molecule has 1 saturated heterocycles. The zero-order valence-electron chi connectivity index (χ0n) is 15.1. The number of terminal acetylenes is 1. The zero-order chi connectivity index (χ0) is 20.5. The number of aromatic nitrogens is 1. The van der Waals surface area contributed by atoms with Crippen LogP contribution in [0.4, 0.5) is 5.69 Å². The van der Waals surface area contributed by atoms with Gasteiger partial charge < -0.3 is 4.57 Å². The number of para-hydroxylation sites is 1. The summed E-state index contributed by atoms with van der Waals surface area (Å²) in [6, 6.07) is 11.7. The van der Waals surface area contributed by atoms with Crippen molar-refractivity contribution in [3.05, 3.63) is 57.9 Å². The van der Waals surface area contributed by atoms with Crippen molar-refractivity contribution >= 4 is 56.6 Å². The van der Waals surface area contributed by atoms with E-state index in [0.29, 0.717) is 21.1 Å². The Bertz CT molecular complexity index is 1250. The molecule has 29 heavy (non-hydrogen) atoms. The van der Waals surface area contributed by atoms with Gasteiger partial charge in [0, 0.05) is 18.4 Å². The van der Waals surface area contributed by atoms with Gasteiger partial charge in [-0.1, -0.05) is 34.9 Å². The minimum Gasteiger partial charge on any atom is -0.303 e. The number of benzene rings is 2. The maximum absolute atomic E-state index is 12.7. The Morgan fingerprint density at radius 2 is 1.83 bits per heavy atom. The minimum atomic E-state index is -0.455. The molecule has 6 nitrogen and oxygen atoms in total. The molecule has 144 valence electrons. The largest absolute Gasteiger partial charge is 0.303 e. The van der Waals surface area contributed by atoms with Gasteiger partial charge in [-0.15, -0.1) is 6.42 Å². The lowest BCUT2D eigenvalue weighted by Gasteiger charge is -2.13. The maximum Gasteiger partial charge on any atom is 0.279 e. The Morgan fingerprint density at radius 1 is 1.14 bits per heavy atom. The number of carbonyl (C=O) groups excluding carboxylic acids is 3. The number of hydrogen-bond donors (Lipinski definition) is 0. The first-order chi connectivity index (χ1) is 14.0. The van der Waals surface area contributed by atoms with Crippen LogP contribution in [-0.2, 0) is 16.1 Å². The summed E-state index contributed by atoms with van der Waals surface area (Å²) in [5.41, 5.74) is 1.53. The van der Waals surface area contributed by atoms with E-state index in [1.54, 1.807) is 34.9 Å². The molecule has 3 amide bonds. The summed E-state index contributed by atoms with van der Waals surface area (Å²) in [7, 11) is 0. The number of halogens is 1. The highest BCUT2D eigenvalue weighted by molar-refractivity contribution is 7.16. The van der Waals surface area contributed by atoms with Crippen LogP contribution in [0.3, 0.4) is 0 Å². The van der Waals surface area contributed by atoms with Crippen molar-refractivity contribution < 1.29 is 14.4 Å². The van der Waals surface area contributed by atoms with Crippen molar-refractivity contribution in [3.8, 4) is 12.3 Å². The summed E-state index contributed by atoms with van der Waals surface area (Å²) in [5, 5.41) is 0.534. The Kier molecular flexibility index (Phi) is 5.05. The van der Waals surface area contributed by atoms with Gasteiger partial charge in [-0.3, -0.25) is 19.3 Å².